The zero-order valence-corrected chi connectivity index (χ0v) is 13.8. The van der Waals surface area contributed by atoms with Crippen molar-refractivity contribution in [2.24, 2.45) is 5.41 Å². The minimum Gasteiger partial charge on any atom is -0.389 e. The van der Waals surface area contributed by atoms with Gasteiger partial charge in [-0.05, 0) is 57.5 Å². The molecule has 2 heterocycles. The summed E-state index contributed by atoms with van der Waals surface area (Å²) in [5, 5.41) is 17.7. The van der Waals surface area contributed by atoms with Gasteiger partial charge in [-0.1, -0.05) is 5.16 Å². The molecule has 24 heavy (non-hydrogen) atoms. The Labute approximate surface area is 139 Å². The number of ketones is 1. The second-order valence-corrected chi connectivity index (χ2v) is 6.83. The first-order valence-electron chi connectivity index (χ1n) is 8.04. The minimum absolute atomic E-state index is 0.206. The Morgan fingerprint density at radius 2 is 2.08 bits per heavy atom. The molecule has 1 saturated heterocycles. The summed E-state index contributed by atoms with van der Waals surface area (Å²) in [4.78, 5) is 13.3. The number of hydrogen-bond acceptors (Lipinski definition) is 5. The Morgan fingerprint density at radius 3 is 2.67 bits per heavy atom. The molecular formula is C18H21FN2O3. The summed E-state index contributed by atoms with van der Waals surface area (Å²) in [6, 6.07) is 5.70. The van der Waals surface area contributed by atoms with Gasteiger partial charge in [-0.15, -0.1) is 0 Å². The molecule has 2 aromatic rings. The molecule has 1 aromatic heterocycles. The zero-order chi connectivity index (χ0) is 17.4. The van der Waals surface area contributed by atoms with Gasteiger partial charge in [0.1, 0.15) is 5.82 Å². The standard InChI is InChI=1S/C18H21FN2O3/c1-17(2,23)18(8-3-9-20-11-18)16(22)14-10-21-24-15(14)12-4-6-13(19)7-5-12/h4-7,10,20,23H,3,8-9,11H2,1-2H3/t18-/m1/s1. The van der Waals surface area contributed by atoms with Crippen molar-refractivity contribution in [3.05, 3.63) is 41.8 Å². The van der Waals surface area contributed by atoms with Gasteiger partial charge in [-0.25, -0.2) is 4.39 Å². The molecule has 1 aromatic carbocycles. The smallest absolute Gasteiger partial charge is 0.178 e. The highest BCUT2D eigenvalue weighted by molar-refractivity contribution is 6.05. The maximum absolute atomic E-state index is 13.3. The topological polar surface area (TPSA) is 75.4 Å². The fraction of sp³-hybridized carbons (Fsp3) is 0.444. The van der Waals surface area contributed by atoms with Crippen LogP contribution in [0.5, 0.6) is 0 Å². The Balaban J connectivity index is 2.04. The average molecular weight is 332 g/mol. The number of rotatable bonds is 4. The van der Waals surface area contributed by atoms with Crippen molar-refractivity contribution in [1.82, 2.24) is 10.5 Å². The second-order valence-electron chi connectivity index (χ2n) is 6.83. The van der Waals surface area contributed by atoms with E-state index in [9.17, 15) is 14.3 Å². The number of benzene rings is 1. The molecule has 128 valence electrons. The van der Waals surface area contributed by atoms with Gasteiger partial charge in [0.25, 0.3) is 0 Å². The van der Waals surface area contributed by atoms with Crippen LogP contribution in [0.4, 0.5) is 4.39 Å². The van der Waals surface area contributed by atoms with Crippen LogP contribution in [0, 0.1) is 11.2 Å². The van der Waals surface area contributed by atoms with Gasteiger partial charge in [-0.3, -0.25) is 4.79 Å². The lowest BCUT2D eigenvalue weighted by molar-refractivity contribution is -0.0482. The third-order valence-corrected chi connectivity index (χ3v) is 4.91. The first-order valence-corrected chi connectivity index (χ1v) is 8.04. The first-order chi connectivity index (χ1) is 11.3. The lowest BCUT2D eigenvalue weighted by Gasteiger charge is -2.44. The van der Waals surface area contributed by atoms with Gasteiger partial charge in [0.15, 0.2) is 11.5 Å². The monoisotopic (exact) mass is 332 g/mol. The third-order valence-electron chi connectivity index (χ3n) is 4.91. The maximum Gasteiger partial charge on any atom is 0.178 e. The minimum atomic E-state index is -1.20. The number of aromatic nitrogens is 1. The quantitative estimate of drug-likeness (QED) is 0.842. The molecule has 0 unspecified atom stereocenters. The molecule has 0 radical (unpaired) electrons. The van der Waals surface area contributed by atoms with Crippen molar-refractivity contribution in [1.29, 1.82) is 0 Å². The Bertz CT molecular complexity index is 725. The number of nitrogens with one attached hydrogen (secondary N) is 1. The van der Waals surface area contributed by atoms with E-state index >= 15 is 0 Å². The molecule has 1 atom stereocenters. The number of nitrogens with zero attached hydrogens (tertiary/aromatic N) is 1. The molecule has 1 aliphatic heterocycles. The molecule has 0 amide bonds. The molecule has 6 heteroatoms. The molecule has 3 rings (SSSR count). The van der Waals surface area contributed by atoms with Crippen LogP contribution < -0.4 is 5.32 Å². The number of Topliss-reactive ketones (excluding diaryl/α,β-unsaturated/α-hetero) is 1. The van der Waals surface area contributed by atoms with Crippen LogP contribution >= 0.6 is 0 Å². The molecule has 0 bridgehead atoms. The number of carbonyl (C=O) groups is 1. The molecule has 0 saturated carbocycles. The molecule has 5 nitrogen and oxygen atoms in total. The molecule has 1 aliphatic rings. The van der Waals surface area contributed by atoms with E-state index in [1.165, 1.54) is 18.3 Å². The number of carbonyl (C=O) groups excluding carboxylic acids is 1. The van der Waals surface area contributed by atoms with Crippen LogP contribution in [0.15, 0.2) is 35.0 Å². The Kier molecular flexibility index (Phi) is 4.27. The van der Waals surface area contributed by atoms with Crippen LogP contribution in [0.2, 0.25) is 0 Å². The van der Waals surface area contributed by atoms with E-state index in [2.05, 4.69) is 10.5 Å². The van der Waals surface area contributed by atoms with E-state index in [0.29, 0.717) is 29.9 Å². The van der Waals surface area contributed by atoms with E-state index < -0.39 is 11.0 Å². The summed E-state index contributed by atoms with van der Waals surface area (Å²) in [7, 11) is 0. The van der Waals surface area contributed by atoms with E-state index in [1.54, 1.807) is 26.0 Å². The third kappa shape index (κ3) is 2.76. The highest BCUT2D eigenvalue weighted by Gasteiger charge is 2.51. The predicted molar refractivity (Wildman–Crippen MR) is 87.1 cm³/mol. The van der Waals surface area contributed by atoms with E-state index in [0.717, 1.165) is 13.0 Å². The van der Waals surface area contributed by atoms with Crippen molar-refractivity contribution < 1.29 is 18.8 Å². The molecule has 0 spiro atoms. The summed E-state index contributed by atoms with van der Waals surface area (Å²) in [6.45, 7) is 4.52. The summed E-state index contributed by atoms with van der Waals surface area (Å²) in [5.41, 5.74) is -1.26. The van der Waals surface area contributed by atoms with Crippen molar-refractivity contribution in [2.75, 3.05) is 13.1 Å². The average Bonchev–Trinajstić information content (AvgIpc) is 3.04. The summed E-state index contributed by atoms with van der Waals surface area (Å²) in [6.07, 6.45) is 2.76. The lowest BCUT2D eigenvalue weighted by Crippen LogP contribution is -2.57. The van der Waals surface area contributed by atoms with Crippen LogP contribution in [0.1, 0.15) is 37.0 Å². The van der Waals surface area contributed by atoms with Crippen molar-refractivity contribution in [3.8, 4) is 11.3 Å². The number of aliphatic hydroxyl groups is 1. The largest absolute Gasteiger partial charge is 0.389 e. The highest BCUT2D eigenvalue weighted by Crippen LogP contribution is 2.42. The van der Waals surface area contributed by atoms with Crippen LogP contribution in [-0.2, 0) is 0 Å². The van der Waals surface area contributed by atoms with Crippen LogP contribution in [0.3, 0.4) is 0 Å². The SMILES string of the molecule is CC(C)(O)[C@]1(C(=O)c2cnoc2-c2ccc(F)cc2)CCCNC1. The normalized spacial score (nSPS) is 21.7. The molecule has 2 N–H and O–H groups in total. The number of hydrogen-bond donors (Lipinski definition) is 2. The van der Waals surface area contributed by atoms with Crippen molar-refractivity contribution in [3.63, 3.8) is 0 Å². The Hall–Kier alpha value is -2.05. The first kappa shape index (κ1) is 16.8. The van der Waals surface area contributed by atoms with Gasteiger partial charge in [0.05, 0.1) is 22.8 Å². The van der Waals surface area contributed by atoms with Gasteiger partial charge in [0.2, 0.25) is 0 Å². The maximum atomic E-state index is 13.3. The van der Waals surface area contributed by atoms with Crippen LogP contribution in [0.25, 0.3) is 11.3 Å². The molecule has 1 fully saturated rings. The van der Waals surface area contributed by atoms with Gasteiger partial charge >= 0.3 is 0 Å². The van der Waals surface area contributed by atoms with Crippen molar-refractivity contribution >= 4 is 5.78 Å². The predicted octanol–water partition coefficient (Wildman–Crippen LogP) is 2.80. The van der Waals surface area contributed by atoms with Crippen LogP contribution in [-0.4, -0.2) is 34.7 Å². The fourth-order valence-electron chi connectivity index (χ4n) is 3.37. The van der Waals surface area contributed by atoms with E-state index in [4.69, 9.17) is 4.52 Å². The van der Waals surface area contributed by atoms with E-state index in [-0.39, 0.29) is 11.6 Å². The van der Waals surface area contributed by atoms with Gasteiger partial charge in [-0.2, -0.15) is 0 Å². The molecular weight excluding hydrogens is 311 g/mol. The number of piperidine rings is 1. The molecule has 0 aliphatic carbocycles. The summed E-state index contributed by atoms with van der Waals surface area (Å²) >= 11 is 0. The van der Waals surface area contributed by atoms with Gasteiger partial charge in [0, 0.05) is 12.1 Å². The zero-order valence-electron chi connectivity index (χ0n) is 13.8. The summed E-state index contributed by atoms with van der Waals surface area (Å²) < 4.78 is 18.4. The van der Waals surface area contributed by atoms with Crippen molar-refractivity contribution in [2.45, 2.75) is 32.3 Å². The fourth-order valence-corrected chi connectivity index (χ4v) is 3.37. The summed E-state index contributed by atoms with van der Waals surface area (Å²) in [5.74, 6) is -0.271. The van der Waals surface area contributed by atoms with E-state index in [1.807, 2.05) is 0 Å². The lowest BCUT2D eigenvalue weighted by atomic mass is 9.64. The Morgan fingerprint density at radius 1 is 1.38 bits per heavy atom. The second kappa shape index (κ2) is 6.11. The van der Waals surface area contributed by atoms with Gasteiger partial charge < -0.3 is 14.9 Å². The number of halogens is 1. The highest BCUT2D eigenvalue weighted by atomic mass is 19.1.